The van der Waals surface area contributed by atoms with Crippen LogP contribution in [0.25, 0.3) is 6.08 Å². The minimum atomic E-state index is -4.29. The van der Waals surface area contributed by atoms with Crippen molar-refractivity contribution in [2.75, 3.05) is 6.61 Å². The Labute approximate surface area is 115 Å². The number of carboxylic acid groups (broad SMARTS) is 1. The summed E-state index contributed by atoms with van der Waals surface area (Å²) in [4.78, 5) is 10.4. The highest BCUT2D eigenvalue weighted by molar-refractivity contribution is 9.10. The van der Waals surface area contributed by atoms with Gasteiger partial charge in [0.25, 0.3) is 0 Å². The second-order valence-electron chi connectivity index (χ2n) is 3.54. The molecular formula is C12H10BrF3O3. The van der Waals surface area contributed by atoms with Gasteiger partial charge in [-0.1, -0.05) is 12.1 Å². The van der Waals surface area contributed by atoms with E-state index in [0.29, 0.717) is 10.0 Å². The molecule has 0 spiro atoms. The predicted molar refractivity (Wildman–Crippen MR) is 67.0 cm³/mol. The summed E-state index contributed by atoms with van der Waals surface area (Å²) >= 11 is 3.15. The van der Waals surface area contributed by atoms with Crippen LogP contribution >= 0.6 is 15.9 Å². The van der Waals surface area contributed by atoms with E-state index in [-0.39, 0.29) is 5.75 Å². The molecule has 0 unspecified atom stereocenters. The van der Waals surface area contributed by atoms with Gasteiger partial charge >= 0.3 is 12.1 Å². The van der Waals surface area contributed by atoms with Gasteiger partial charge in [-0.3, -0.25) is 0 Å². The van der Waals surface area contributed by atoms with Crippen LogP contribution in [0.3, 0.4) is 0 Å². The number of alkyl halides is 3. The molecule has 3 nitrogen and oxygen atoms in total. The summed E-state index contributed by atoms with van der Waals surface area (Å²) in [6, 6.07) is 4.77. The third-order valence-electron chi connectivity index (χ3n) is 2.03. The molecule has 0 saturated heterocycles. The zero-order chi connectivity index (χ0) is 14.5. The average Bonchev–Trinajstić information content (AvgIpc) is 2.27. The Balaban J connectivity index is 2.83. The molecule has 0 aliphatic carbocycles. The highest BCUT2D eigenvalue weighted by Gasteiger charge is 2.27. The molecule has 0 atom stereocenters. The molecule has 0 bridgehead atoms. The highest BCUT2D eigenvalue weighted by atomic mass is 79.9. The van der Waals surface area contributed by atoms with Crippen molar-refractivity contribution in [1.29, 1.82) is 0 Å². The van der Waals surface area contributed by atoms with Gasteiger partial charge in [0.2, 0.25) is 0 Å². The Morgan fingerprint density at radius 3 is 2.68 bits per heavy atom. The van der Waals surface area contributed by atoms with Crippen molar-refractivity contribution in [2.24, 2.45) is 0 Å². The van der Waals surface area contributed by atoms with Crippen molar-refractivity contribution in [3.05, 3.63) is 34.3 Å². The van der Waals surface area contributed by atoms with Crippen LogP contribution < -0.4 is 4.74 Å². The van der Waals surface area contributed by atoms with Gasteiger partial charge in [0.15, 0.2) is 0 Å². The quantitative estimate of drug-likeness (QED) is 0.829. The first kappa shape index (κ1) is 15.6. The van der Waals surface area contributed by atoms with E-state index in [1.165, 1.54) is 6.08 Å². The van der Waals surface area contributed by atoms with Crippen LogP contribution in [0.2, 0.25) is 0 Å². The third kappa shape index (κ3) is 5.78. The first-order chi connectivity index (χ1) is 8.79. The van der Waals surface area contributed by atoms with Crippen LogP contribution in [0, 0.1) is 0 Å². The smallest absolute Gasteiger partial charge is 0.392 e. The summed E-state index contributed by atoms with van der Waals surface area (Å²) < 4.78 is 41.6. The molecule has 0 radical (unpaired) electrons. The summed E-state index contributed by atoms with van der Waals surface area (Å²) in [5, 5.41) is 8.53. The minimum Gasteiger partial charge on any atom is -0.491 e. The maximum Gasteiger partial charge on any atom is 0.392 e. The number of hydrogen-bond donors (Lipinski definition) is 1. The molecule has 1 aromatic rings. The lowest BCUT2D eigenvalue weighted by molar-refractivity contribution is -0.139. The number of para-hydroxylation sites is 1. The number of ether oxygens (including phenoxy) is 1. The van der Waals surface area contributed by atoms with E-state index in [1.54, 1.807) is 18.2 Å². The molecule has 0 aliphatic rings. The second-order valence-corrected chi connectivity index (χ2v) is 4.40. The van der Waals surface area contributed by atoms with Crippen molar-refractivity contribution < 1.29 is 27.8 Å². The van der Waals surface area contributed by atoms with E-state index in [1.807, 2.05) is 0 Å². The Bertz CT molecular complexity index is 484. The van der Waals surface area contributed by atoms with Crippen LogP contribution in [0.1, 0.15) is 12.0 Å². The third-order valence-corrected chi connectivity index (χ3v) is 2.66. The van der Waals surface area contributed by atoms with Gasteiger partial charge in [-0.05, 0) is 28.1 Å². The Morgan fingerprint density at radius 1 is 1.42 bits per heavy atom. The molecule has 0 aromatic heterocycles. The average molecular weight is 339 g/mol. The zero-order valence-electron chi connectivity index (χ0n) is 9.58. The minimum absolute atomic E-state index is 0.184. The van der Waals surface area contributed by atoms with Gasteiger partial charge < -0.3 is 9.84 Å². The highest BCUT2D eigenvalue weighted by Crippen LogP contribution is 2.31. The molecular weight excluding hydrogens is 329 g/mol. The lowest BCUT2D eigenvalue weighted by atomic mass is 10.2. The number of hydrogen-bond acceptors (Lipinski definition) is 2. The molecule has 7 heteroatoms. The molecule has 0 saturated carbocycles. The number of rotatable bonds is 5. The number of aliphatic carboxylic acids is 1. The van der Waals surface area contributed by atoms with E-state index < -0.39 is 25.2 Å². The molecule has 1 N–H and O–H groups in total. The largest absolute Gasteiger partial charge is 0.491 e. The van der Waals surface area contributed by atoms with Crippen molar-refractivity contribution >= 4 is 28.0 Å². The number of benzene rings is 1. The molecule has 19 heavy (non-hydrogen) atoms. The Hall–Kier alpha value is -1.50. The zero-order valence-corrected chi connectivity index (χ0v) is 11.2. The summed E-state index contributed by atoms with van der Waals surface area (Å²) in [5.74, 6) is -0.967. The van der Waals surface area contributed by atoms with Crippen LogP contribution in [0.5, 0.6) is 5.75 Å². The number of carboxylic acids is 1. The summed E-state index contributed by atoms with van der Waals surface area (Å²) in [5.41, 5.74) is 0.388. The molecule has 1 aromatic carbocycles. The second kappa shape index (κ2) is 6.60. The van der Waals surface area contributed by atoms with E-state index in [0.717, 1.165) is 6.08 Å². The van der Waals surface area contributed by atoms with Crippen molar-refractivity contribution in [3.8, 4) is 5.75 Å². The van der Waals surface area contributed by atoms with Crippen molar-refractivity contribution in [3.63, 3.8) is 0 Å². The first-order valence-electron chi connectivity index (χ1n) is 5.18. The Morgan fingerprint density at radius 2 is 2.11 bits per heavy atom. The van der Waals surface area contributed by atoms with Crippen molar-refractivity contribution in [1.82, 2.24) is 0 Å². The lowest BCUT2D eigenvalue weighted by Crippen LogP contribution is -2.13. The fourth-order valence-corrected chi connectivity index (χ4v) is 1.73. The first-order valence-corrected chi connectivity index (χ1v) is 5.98. The summed E-state index contributed by atoms with van der Waals surface area (Å²) in [6.45, 7) is -0.528. The van der Waals surface area contributed by atoms with Gasteiger partial charge in [-0.15, -0.1) is 0 Å². The van der Waals surface area contributed by atoms with E-state index in [4.69, 9.17) is 9.84 Å². The monoisotopic (exact) mass is 338 g/mol. The lowest BCUT2D eigenvalue weighted by Gasteiger charge is -2.12. The van der Waals surface area contributed by atoms with Gasteiger partial charge in [0, 0.05) is 11.6 Å². The van der Waals surface area contributed by atoms with Crippen LogP contribution in [0.15, 0.2) is 28.7 Å². The maximum absolute atomic E-state index is 12.0. The molecule has 1 rings (SSSR count). The SMILES string of the molecule is O=C(O)C=Cc1cccc(Br)c1OCCC(F)(F)F. The fraction of sp³-hybridized carbons (Fsp3) is 0.250. The number of carbonyl (C=O) groups is 1. The molecule has 104 valence electrons. The van der Waals surface area contributed by atoms with E-state index >= 15 is 0 Å². The summed E-state index contributed by atoms with van der Waals surface area (Å²) in [6.07, 6.45) is -3.22. The van der Waals surface area contributed by atoms with Crippen LogP contribution in [0.4, 0.5) is 13.2 Å². The normalized spacial score (nSPS) is 11.8. The standard InChI is InChI=1S/C12H10BrF3O3/c13-9-3-1-2-8(4-5-10(17)18)11(9)19-7-6-12(14,15)16/h1-5H,6-7H2,(H,17,18). The predicted octanol–water partition coefficient (Wildman–Crippen LogP) is 3.88. The topological polar surface area (TPSA) is 46.5 Å². The van der Waals surface area contributed by atoms with Crippen LogP contribution in [-0.4, -0.2) is 23.9 Å². The molecule has 0 aliphatic heterocycles. The van der Waals surface area contributed by atoms with Gasteiger partial charge in [0.05, 0.1) is 17.5 Å². The van der Waals surface area contributed by atoms with Gasteiger partial charge in [-0.2, -0.15) is 13.2 Å². The molecule has 0 heterocycles. The van der Waals surface area contributed by atoms with Gasteiger partial charge in [-0.25, -0.2) is 4.79 Å². The summed E-state index contributed by atoms with van der Waals surface area (Å²) in [7, 11) is 0. The molecule has 0 amide bonds. The number of halogens is 4. The maximum atomic E-state index is 12.0. The van der Waals surface area contributed by atoms with Gasteiger partial charge in [0.1, 0.15) is 5.75 Å². The van der Waals surface area contributed by atoms with Crippen molar-refractivity contribution in [2.45, 2.75) is 12.6 Å². The van der Waals surface area contributed by atoms with E-state index in [2.05, 4.69) is 15.9 Å². The van der Waals surface area contributed by atoms with E-state index in [9.17, 15) is 18.0 Å². The fourth-order valence-electron chi connectivity index (χ4n) is 1.24. The Kier molecular flexibility index (Phi) is 5.41. The van der Waals surface area contributed by atoms with Crippen LogP contribution in [-0.2, 0) is 4.79 Å². The molecule has 0 fully saturated rings.